The molecule has 0 saturated heterocycles. The Morgan fingerprint density at radius 3 is 2.61 bits per heavy atom. The molecule has 0 radical (unpaired) electrons. The highest BCUT2D eigenvalue weighted by Gasteiger charge is 2.15. The van der Waals surface area contributed by atoms with E-state index in [2.05, 4.69) is 10.2 Å². The zero-order valence-corrected chi connectivity index (χ0v) is 11.7. The summed E-state index contributed by atoms with van der Waals surface area (Å²) in [6.07, 6.45) is 2.06. The second-order valence-corrected chi connectivity index (χ2v) is 4.62. The quantitative estimate of drug-likeness (QED) is 0.756. The Balaban J connectivity index is 2.82. The molecular weight excluding hydrogens is 231 g/mol. The SMILES string of the molecule is CNCCCC(c1ccc(OC)c(F)c1)N(C)C. The van der Waals surface area contributed by atoms with Crippen molar-refractivity contribution in [3.05, 3.63) is 29.6 Å². The molecule has 1 atom stereocenters. The van der Waals surface area contributed by atoms with E-state index < -0.39 is 0 Å². The molecule has 4 heteroatoms. The molecule has 0 amide bonds. The standard InChI is InChI=1S/C14H23FN2O/c1-16-9-5-6-13(17(2)3)11-7-8-14(18-4)12(15)10-11/h7-8,10,13,16H,5-6,9H2,1-4H3. The number of benzene rings is 1. The third-order valence-corrected chi connectivity index (χ3v) is 3.09. The van der Waals surface area contributed by atoms with Crippen LogP contribution in [0.3, 0.4) is 0 Å². The van der Waals surface area contributed by atoms with Crippen molar-refractivity contribution in [3.63, 3.8) is 0 Å². The van der Waals surface area contributed by atoms with Gasteiger partial charge in [0, 0.05) is 6.04 Å². The summed E-state index contributed by atoms with van der Waals surface area (Å²) in [5.74, 6) is 0.00180. The lowest BCUT2D eigenvalue weighted by atomic mass is 10.0. The van der Waals surface area contributed by atoms with E-state index in [1.54, 1.807) is 12.1 Å². The summed E-state index contributed by atoms with van der Waals surface area (Å²) in [6.45, 7) is 0.975. The van der Waals surface area contributed by atoms with Crippen molar-refractivity contribution >= 4 is 0 Å². The fourth-order valence-corrected chi connectivity index (χ4v) is 2.09. The Morgan fingerprint density at radius 2 is 2.11 bits per heavy atom. The van der Waals surface area contributed by atoms with Crippen LogP contribution in [0.15, 0.2) is 18.2 Å². The summed E-state index contributed by atoms with van der Waals surface area (Å²) in [5, 5.41) is 3.13. The van der Waals surface area contributed by atoms with Gasteiger partial charge in [0.2, 0.25) is 0 Å². The lowest BCUT2D eigenvalue weighted by Crippen LogP contribution is -2.21. The van der Waals surface area contributed by atoms with Crippen molar-refractivity contribution in [1.82, 2.24) is 10.2 Å². The first-order chi connectivity index (χ1) is 8.60. The molecule has 0 fully saturated rings. The van der Waals surface area contributed by atoms with Gasteiger partial charge in [-0.3, -0.25) is 0 Å². The minimum atomic E-state index is -0.296. The molecule has 1 aromatic carbocycles. The maximum atomic E-state index is 13.7. The second kappa shape index (κ2) is 7.34. The van der Waals surface area contributed by atoms with Gasteiger partial charge in [-0.2, -0.15) is 0 Å². The predicted molar refractivity (Wildman–Crippen MR) is 72.5 cm³/mol. The van der Waals surface area contributed by atoms with E-state index in [4.69, 9.17) is 4.74 Å². The minimum Gasteiger partial charge on any atom is -0.494 e. The van der Waals surface area contributed by atoms with Crippen LogP contribution in [0.1, 0.15) is 24.4 Å². The maximum Gasteiger partial charge on any atom is 0.165 e. The first kappa shape index (κ1) is 14.9. The maximum absolute atomic E-state index is 13.7. The zero-order valence-electron chi connectivity index (χ0n) is 11.7. The summed E-state index contributed by atoms with van der Waals surface area (Å²) in [7, 11) is 7.46. The highest BCUT2D eigenvalue weighted by atomic mass is 19.1. The molecule has 1 aromatic rings. The molecule has 0 aliphatic carbocycles. The number of nitrogens with one attached hydrogen (secondary N) is 1. The molecule has 0 aliphatic heterocycles. The van der Waals surface area contributed by atoms with Gasteiger partial charge < -0.3 is 15.0 Å². The Hall–Kier alpha value is -1.13. The van der Waals surface area contributed by atoms with Crippen molar-refractivity contribution in [3.8, 4) is 5.75 Å². The molecule has 102 valence electrons. The average molecular weight is 254 g/mol. The van der Waals surface area contributed by atoms with Crippen LogP contribution in [-0.4, -0.2) is 39.7 Å². The molecule has 0 spiro atoms. The van der Waals surface area contributed by atoms with E-state index in [-0.39, 0.29) is 11.9 Å². The summed E-state index contributed by atoms with van der Waals surface area (Å²) in [4.78, 5) is 2.12. The monoisotopic (exact) mass is 254 g/mol. The number of hydrogen-bond acceptors (Lipinski definition) is 3. The molecule has 0 bridgehead atoms. The highest BCUT2D eigenvalue weighted by Crippen LogP contribution is 2.27. The Morgan fingerprint density at radius 1 is 1.39 bits per heavy atom. The largest absolute Gasteiger partial charge is 0.494 e. The first-order valence-corrected chi connectivity index (χ1v) is 6.24. The van der Waals surface area contributed by atoms with Crippen LogP contribution in [-0.2, 0) is 0 Å². The molecule has 0 aromatic heterocycles. The van der Waals surface area contributed by atoms with Crippen LogP contribution in [0.5, 0.6) is 5.75 Å². The number of nitrogens with zero attached hydrogens (tertiary/aromatic N) is 1. The van der Waals surface area contributed by atoms with E-state index in [0.717, 1.165) is 24.9 Å². The van der Waals surface area contributed by atoms with Crippen LogP contribution in [0.2, 0.25) is 0 Å². The number of hydrogen-bond donors (Lipinski definition) is 1. The van der Waals surface area contributed by atoms with Crippen LogP contribution < -0.4 is 10.1 Å². The number of ether oxygens (including phenoxy) is 1. The predicted octanol–water partition coefficient (Wildman–Crippen LogP) is 2.44. The van der Waals surface area contributed by atoms with Gasteiger partial charge in [-0.15, -0.1) is 0 Å². The fraction of sp³-hybridized carbons (Fsp3) is 0.571. The van der Waals surface area contributed by atoms with Gasteiger partial charge in [0.1, 0.15) is 0 Å². The molecule has 1 unspecified atom stereocenters. The van der Waals surface area contributed by atoms with E-state index in [1.165, 1.54) is 7.11 Å². The Kier molecular flexibility index (Phi) is 6.09. The van der Waals surface area contributed by atoms with Gasteiger partial charge in [0.25, 0.3) is 0 Å². The van der Waals surface area contributed by atoms with Crippen LogP contribution in [0.4, 0.5) is 4.39 Å². The molecule has 18 heavy (non-hydrogen) atoms. The molecule has 0 aliphatic rings. The number of methoxy groups -OCH3 is 1. The molecule has 3 nitrogen and oxygen atoms in total. The van der Waals surface area contributed by atoms with Gasteiger partial charge in [-0.1, -0.05) is 6.07 Å². The van der Waals surface area contributed by atoms with Crippen molar-refractivity contribution < 1.29 is 9.13 Å². The van der Waals surface area contributed by atoms with Crippen molar-refractivity contribution in [2.75, 3.05) is 34.8 Å². The lowest BCUT2D eigenvalue weighted by molar-refractivity contribution is 0.277. The molecule has 1 rings (SSSR count). The third-order valence-electron chi connectivity index (χ3n) is 3.09. The summed E-state index contributed by atoms with van der Waals surface area (Å²) in [6, 6.07) is 5.44. The van der Waals surface area contributed by atoms with Gasteiger partial charge in [-0.25, -0.2) is 4.39 Å². The lowest BCUT2D eigenvalue weighted by Gasteiger charge is -2.25. The van der Waals surface area contributed by atoms with Gasteiger partial charge in [0.15, 0.2) is 11.6 Å². The topological polar surface area (TPSA) is 24.5 Å². The minimum absolute atomic E-state index is 0.235. The number of rotatable bonds is 7. The van der Waals surface area contributed by atoms with E-state index >= 15 is 0 Å². The van der Waals surface area contributed by atoms with Gasteiger partial charge >= 0.3 is 0 Å². The van der Waals surface area contributed by atoms with E-state index in [1.807, 2.05) is 27.2 Å². The zero-order chi connectivity index (χ0) is 13.5. The molecule has 0 saturated carbocycles. The van der Waals surface area contributed by atoms with Crippen molar-refractivity contribution in [2.45, 2.75) is 18.9 Å². The average Bonchev–Trinajstić information content (AvgIpc) is 2.34. The fourth-order valence-electron chi connectivity index (χ4n) is 2.09. The van der Waals surface area contributed by atoms with Crippen LogP contribution in [0.25, 0.3) is 0 Å². The third kappa shape index (κ3) is 3.96. The highest BCUT2D eigenvalue weighted by molar-refractivity contribution is 5.31. The molecule has 1 N–H and O–H groups in total. The van der Waals surface area contributed by atoms with Crippen LogP contribution >= 0.6 is 0 Å². The van der Waals surface area contributed by atoms with E-state index in [0.29, 0.717) is 5.75 Å². The summed E-state index contributed by atoms with van der Waals surface area (Å²) in [5.41, 5.74) is 0.995. The van der Waals surface area contributed by atoms with Gasteiger partial charge in [0.05, 0.1) is 7.11 Å². The summed E-state index contributed by atoms with van der Waals surface area (Å²) >= 11 is 0. The van der Waals surface area contributed by atoms with Crippen molar-refractivity contribution in [1.29, 1.82) is 0 Å². The van der Waals surface area contributed by atoms with Crippen LogP contribution in [0, 0.1) is 5.82 Å². The molecular formula is C14H23FN2O. The molecule has 0 heterocycles. The smallest absolute Gasteiger partial charge is 0.165 e. The Bertz CT molecular complexity index is 369. The van der Waals surface area contributed by atoms with E-state index in [9.17, 15) is 4.39 Å². The Labute approximate surface area is 109 Å². The first-order valence-electron chi connectivity index (χ1n) is 6.24. The van der Waals surface area contributed by atoms with Crippen molar-refractivity contribution in [2.24, 2.45) is 0 Å². The summed E-state index contributed by atoms with van der Waals surface area (Å²) < 4.78 is 18.6. The second-order valence-electron chi connectivity index (χ2n) is 4.62. The number of halogens is 1. The normalized spacial score (nSPS) is 12.8. The van der Waals surface area contributed by atoms with Gasteiger partial charge in [-0.05, 0) is 58.2 Å².